The van der Waals surface area contributed by atoms with E-state index in [1.54, 1.807) is 6.92 Å². The molecule has 0 unspecified atom stereocenters. The second-order valence-corrected chi connectivity index (χ2v) is 7.40. The van der Waals surface area contributed by atoms with Crippen molar-refractivity contribution in [2.45, 2.75) is 51.7 Å². The van der Waals surface area contributed by atoms with Gasteiger partial charge in [0.15, 0.2) is 0 Å². The summed E-state index contributed by atoms with van der Waals surface area (Å²) in [5.41, 5.74) is 0.391. The molecule has 3 rings (SSSR count). The highest BCUT2D eigenvalue weighted by atomic mass is 16.5. The number of cyclic esters (lactones) is 1. The molecule has 4 heteroatoms. The Labute approximate surface area is 113 Å². The van der Waals surface area contributed by atoms with Gasteiger partial charge in [0.05, 0.1) is 11.7 Å². The van der Waals surface area contributed by atoms with Gasteiger partial charge in [-0.15, -0.1) is 0 Å². The van der Waals surface area contributed by atoms with Crippen molar-refractivity contribution in [1.29, 1.82) is 0 Å². The Kier molecular flexibility index (Phi) is 2.64. The average Bonchev–Trinajstić information content (AvgIpc) is 2.78. The Balaban J connectivity index is 2.04. The lowest BCUT2D eigenvalue weighted by Crippen LogP contribution is -2.39. The van der Waals surface area contributed by atoms with Crippen LogP contribution in [0.2, 0.25) is 0 Å². The lowest BCUT2D eigenvalue weighted by Gasteiger charge is -2.34. The number of aliphatic hydroxyl groups is 2. The first-order valence-corrected chi connectivity index (χ1v) is 7.01. The van der Waals surface area contributed by atoms with Gasteiger partial charge in [-0.1, -0.05) is 13.8 Å². The van der Waals surface area contributed by atoms with Gasteiger partial charge in [-0.2, -0.15) is 0 Å². The van der Waals surface area contributed by atoms with Crippen LogP contribution in [0.15, 0.2) is 11.1 Å². The number of hydrogen-bond donors (Lipinski definition) is 2. The van der Waals surface area contributed by atoms with Crippen molar-refractivity contribution < 1.29 is 19.7 Å². The van der Waals surface area contributed by atoms with Crippen LogP contribution in [0.1, 0.15) is 40.0 Å². The molecule has 4 atom stereocenters. The minimum atomic E-state index is -0.945. The summed E-state index contributed by atoms with van der Waals surface area (Å²) in [6.45, 7) is 6.33. The fraction of sp³-hybridized carbons (Fsp3) is 0.800. The van der Waals surface area contributed by atoms with Crippen LogP contribution in [-0.2, 0) is 9.53 Å². The third-order valence-electron chi connectivity index (χ3n) is 5.17. The second kappa shape index (κ2) is 3.83. The van der Waals surface area contributed by atoms with Gasteiger partial charge in [0, 0.05) is 17.6 Å². The topological polar surface area (TPSA) is 66.8 Å². The van der Waals surface area contributed by atoms with Gasteiger partial charge >= 0.3 is 5.97 Å². The molecule has 1 fully saturated rings. The maximum atomic E-state index is 11.7. The summed E-state index contributed by atoms with van der Waals surface area (Å²) in [5.74, 6) is -0.309. The first-order chi connectivity index (χ1) is 8.71. The highest BCUT2D eigenvalue weighted by molar-refractivity contribution is 5.92. The SMILES string of the molecule is CC1(C)C[C@H]2[C@H](O)C3=C(C[C@](C)(O)[C@H]2C1)C(=O)OC3. The van der Waals surface area contributed by atoms with E-state index in [0.717, 1.165) is 12.8 Å². The van der Waals surface area contributed by atoms with Crippen molar-refractivity contribution >= 4 is 5.97 Å². The van der Waals surface area contributed by atoms with Gasteiger partial charge in [-0.25, -0.2) is 4.79 Å². The Morgan fingerprint density at radius 3 is 2.63 bits per heavy atom. The summed E-state index contributed by atoms with van der Waals surface area (Å²) in [4.78, 5) is 11.7. The monoisotopic (exact) mass is 266 g/mol. The van der Waals surface area contributed by atoms with Crippen LogP contribution in [0.4, 0.5) is 0 Å². The first-order valence-electron chi connectivity index (χ1n) is 7.01. The minimum Gasteiger partial charge on any atom is -0.458 e. The van der Waals surface area contributed by atoms with Gasteiger partial charge in [-0.3, -0.25) is 0 Å². The molecule has 19 heavy (non-hydrogen) atoms. The predicted molar refractivity (Wildman–Crippen MR) is 69.2 cm³/mol. The van der Waals surface area contributed by atoms with Crippen molar-refractivity contribution in [3.63, 3.8) is 0 Å². The van der Waals surface area contributed by atoms with Gasteiger partial charge in [0.1, 0.15) is 6.61 Å². The summed E-state index contributed by atoms with van der Waals surface area (Å²) in [5, 5.41) is 21.4. The summed E-state index contributed by atoms with van der Waals surface area (Å²) in [6.07, 6.45) is 1.41. The fourth-order valence-electron chi connectivity index (χ4n) is 4.27. The second-order valence-electron chi connectivity index (χ2n) is 7.40. The predicted octanol–water partition coefficient (Wildman–Crippen LogP) is 1.41. The van der Waals surface area contributed by atoms with Crippen LogP contribution in [0.5, 0.6) is 0 Å². The highest BCUT2D eigenvalue weighted by Gasteiger charge is 2.54. The van der Waals surface area contributed by atoms with E-state index in [-0.39, 0.29) is 29.8 Å². The zero-order valence-corrected chi connectivity index (χ0v) is 11.8. The summed E-state index contributed by atoms with van der Waals surface area (Å²) in [6, 6.07) is 0. The van der Waals surface area contributed by atoms with Crippen molar-refractivity contribution in [3.8, 4) is 0 Å². The lowest BCUT2D eigenvalue weighted by molar-refractivity contribution is -0.137. The highest BCUT2D eigenvalue weighted by Crippen LogP contribution is 2.55. The normalized spacial score (nSPS) is 44.7. The molecule has 0 radical (unpaired) electrons. The van der Waals surface area contributed by atoms with Crippen molar-refractivity contribution in [2.75, 3.05) is 6.61 Å². The number of hydrogen-bond acceptors (Lipinski definition) is 4. The van der Waals surface area contributed by atoms with E-state index in [0.29, 0.717) is 17.6 Å². The smallest absolute Gasteiger partial charge is 0.334 e. The van der Waals surface area contributed by atoms with Crippen molar-refractivity contribution in [3.05, 3.63) is 11.1 Å². The van der Waals surface area contributed by atoms with Gasteiger partial charge in [0.2, 0.25) is 0 Å². The molecule has 0 amide bonds. The molecule has 0 aromatic rings. The molecule has 0 saturated heterocycles. The van der Waals surface area contributed by atoms with Crippen LogP contribution in [0.25, 0.3) is 0 Å². The molecule has 1 heterocycles. The third kappa shape index (κ3) is 1.93. The number of aliphatic hydroxyl groups excluding tert-OH is 1. The average molecular weight is 266 g/mol. The summed E-state index contributed by atoms with van der Waals surface area (Å²) in [7, 11) is 0. The van der Waals surface area contributed by atoms with E-state index in [2.05, 4.69) is 13.8 Å². The van der Waals surface area contributed by atoms with E-state index in [1.807, 2.05) is 0 Å². The zero-order valence-electron chi connectivity index (χ0n) is 11.8. The Bertz CT molecular complexity index is 461. The minimum absolute atomic E-state index is 0.0204. The third-order valence-corrected chi connectivity index (χ3v) is 5.17. The van der Waals surface area contributed by atoms with Gasteiger partial charge in [0.25, 0.3) is 0 Å². The molecule has 2 aliphatic carbocycles. The van der Waals surface area contributed by atoms with Crippen LogP contribution < -0.4 is 0 Å². The maximum absolute atomic E-state index is 11.7. The summed E-state index contributed by atoms with van der Waals surface area (Å²) >= 11 is 0. The van der Waals surface area contributed by atoms with Gasteiger partial charge in [-0.05, 0) is 37.0 Å². The number of esters is 1. The van der Waals surface area contributed by atoms with Crippen molar-refractivity contribution in [2.24, 2.45) is 17.3 Å². The van der Waals surface area contributed by atoms with E-state index < -0.39 is 11.7 Å². The molecule has 0 bridgehead atoms. The fourth-order valence-corrected chi connectivity index (χ4v) is 4.27. The van der Waals surface area contributed by atoms with Gasteiger partial charge < -0.3 is 14.9 Å². The molecule has 3 aliphatic rings. The Hall–Kier alpha value is -0.870. The van der Waals surface area contributed by atoms with Crippen LogP contribution in [0.3, 0.4) is 0 Å². The Morgan fingerprint density at radius 1 is 1.26 bits per heavy atom. The van der Waals surface area contributed by atoms with Crippen molar-refractivity contribution in [1.82, 2.24) is 0 Å². The molecule has 2 N–H and O–H groups in total. The molecular weight excluding hydrogens is 244 g/mol. The van der Waals surface area contributed by atoms with E-state index >= 15 is 0 Å². The molecule has 0 spiro atoms. The van der Waals surface area contributed by atoms with E-state index in [1.165, 1.54) is 0 Å². The molecule has 0 aromatic heterocycles. The number of ether oxygens (including phenoxy) is 1. The largest absolute Gasteiger partial charge is 0.458 e. The van der Waals surface area contributed by atoms with Crippen LogP contribution in [-0.4, -0.2) is 34.5 Å². The quantitative estimate of drug-likeness (QED) is 0.651. The first kappa shape index (κ1) is 13.1. The zero-order chi connectivity index (χ0) is 14.0. The van der Waals surface area contributed by atoms with E-state index in [4.69, 9.17) is 4.74 Å². The molecule has 1 saturated carbocycles. The standard InChI is InChI=1S/C15H22O4/c1-14(2)4-9-11(6-14)15(3,18)5-8-10(12(9)16)7-19-13(8)17/h9,11-12,16,18H,4-7H2,1-3H3/t9-,11+,12+,15+/m1/s1. The summed E-state index contributed by atoms with van der Waals surface area (Å²) < 4.78 is 5.04. The number of carbonyl (C=O) groups excluding carboxylic acids is 1. The molecule has 106 valence electrons. The lowest BCUT2D eigenvalue weighted by atomic mass is 9.78. The number of rotatable bonds is 0. The molecule has 4 nitrogen and oxygen atoms in total. The Morgan fingerprint density at radius 2 is 1.95 bits per heavy atom. The maximum Gasteiger partial charge on any atom is 0.334 e. The molecule has 1 aliphatic heterocycles. The van der Waals surface area contributed by atoms with E-state index in [9.17, 15) is 15.0 Å². The molecular formula is C15H22O4. The number of carbonyl (C=O) groups is 1. The number of fused-ring (bicyclic) bond motifs is 1. The molecule has 0 aromatic carbocycles. The van der Waals surface area contributed by atoms with Crippen LogP contribution >= 0.6 is 0 Å². The van der Waals surface area contributed by atoms with Crippen LogP contribution in [0, 0.1) is 17.3 Å².